The maximum atomic E-state index is 8.24. The Labute approximate surface area is 55.9 Å². The van der Waals surface area contributed by atoms with Crippen LogP contribution in [0.1, 0.15) is 0 Å². The predicted molar refractivity (Wildman–Crippen MR) is 32.3 cm³/mol. The van der Waals surface area contributed by atoms with Gasteiger partial charge in [-0.25, -0.2) is 0 Å². The van der Waals surface area contributed by atoms with Gasteiger partial charge in [0.05, 0.1) is 0 Å². The van der Waals surface area contributed by atoms with Crippen molar-refractivity contribution in [3.63, 3.8) is 0 Å². The first-order chi connectivity index (χ1) is 2.94. The molecule has 0 aliphatic carbocycles. The lowest BCUT2D eigenvalue weighted by atomic mass is 13.9. The summed E-state index contributed by atoms with van der Waals surface area (Å²) in [6.45, 7) is -3.54. The molecule has 44 valence electrons. The van der Waals surface area contributed by atoms with Crippen LogP contribution in [0.3, 0.4) is 0 Å². The van der Waals surface area contributed by atoms with Crippen molar-refractivity contribution >= 4 is 42.0 Å². The van der Waals surface area contributed by atoms with Crippen LogP contribution in [0, 0.1) is 0 Å². The van der Waals surface area contributed by atoms with Gasteiger partial charge >= 0.3 is 0 Å². The molecule has 0 atom stereocenters. The third kappa shape index (κ3) is 3.67. The average Bonchev–Trinajstić information content (AvgIpc) is 1.31. The van der Waals surface area contributed by atoms with Gasteiger partial charge in [-0.1, -0.05) is 3.71 Å². The molecule has 2 N–H and O–H groups in total. The Bertz CT molecular complexity index is 97.9. The summed E-state index contributed by atoms with van der Waals surface area (Å²) in [6, 6.07) is 0. The smallest absolute Gasteiger partial charge is 0.287 e. The average molecular weight is 182 g/mol. The van der Waals surface area contributed by atoms with Gasteiger partial charge in [0.25, 0.3) is 6.64 Å². The zero-order valence-corrected chi connectivity index (χ0v) is 6.18. The van der Waals surface area contributed by atoms with Crippen molar-refractivity contribution in [2.24, 2.45) is 0 Å². The van der Waals surface area contributed by atoms with E-state index in [2.05, 4.69) is 11.8 Å². The predicted octanol–water partition coefficient (Wildman–Crippen LogP) is 0.805. The number of rotatable bonds is 1. The Morgan fingerprint density at radius 1 is 1.43 bits per heavy atom. The Hall–Kier alpha value is 1.11. The van der Waals surface area contributed by atoms with Gasteiger partial charge in [-0.2, -0.15) is 0 Å². The molecule has 0 rings (SSSR count). The first kappa shape index (κ1) is 8.11. The minimum Gasteiger partial charge on any atom is -0.332 e. The van der Waals surface area contributed by atoms with Gasteiger partial charge < -0.3 is 9.79 Å². The quantitative estimate of drug-likeness (QED) is 0.465. The minimum absolute atomic E-state index is 0.169. The van der Waals surface area contributed by atoms with Gasteiger partial charge in [-0.05, 0) is 11.8 Å². The lowest BCUT2D eigenvalue weighted by Crippen LogP contribution is -1.89. The van der Waals surface area contributed by atoms with Crippen LogP contribution in [0.2, 0.25) is 0 Å². The molecule has 0 aliphatic heterocycles. The lowest BCUT2D eigenvalue weighted by Gasteiger charge is -2.06. The Balaban J connectivity index is 3.80. The van der Waals surface area contributed by atoms with E-state index in [-0.39, 0.29) is 3.71 Å². The van der Waals surface area contributed by atoms with E-state index in [0.29, 0.717) is 0 Å². The molecule has 0 amide bonds. The largest absolute Gasteiger partial charge is 0.332 e. The van der Waals surface area contributed by atoms with Crippen molar-refractivity contribution in [2.75, 3.05) is 0 Å². The molecule has 0 heterocycles. The molecule has 0 saturated carbocycles. The molecule has 7 heavy (non-hydrogen) atoms. The third-order valence-corrected chi connectivity index (χ3v) is 2.88. The molecule has 0 bridgehead atoms. The molecular weight excluding hydrogens is 180 g/mol. The van der Waals surface area contributed by atoms with Gasteiger partial charge in [0.1, 0.15) is 0 Å². The topological polar surface area (TPSA) is 43.7 Å². The molecule has 0 unspecified atom stereocenters. The molecule has 0 radical (unpaired) electrons. The zero-order chi connectivity index (χ0) is 6.08. The fraction of sp³-hybridized carbons (Fsp3) is 0. The molecule has 0 aromatic heterocycles. The molecular formula is H2Cl2NO2PS. The summed E-state index contributed by atoms with van der Waals surface area (Å²) in [4.78, 5) is 16.5. The van der Waals surface area contributed by atoms with Crippen molar-refractivity contribution in [3.05, 3.63) is 0 Å². The van der Waals surface area contributed by atoms with Gasteiger partial charge in [0.15, 0.2) is 0 Å². The second-order valence-electron chi connectivity index (χ2n) is 0.728. The maximum absolute atomic E-state index is 8.24. The van der Waals surface area contributed by atoms with E-state index in [1.54, 1.807) is 0 Å². The molecule has 0 fully saturated rings. The SMILES string of the molecule is OP(O)(=S)N(Cl)Cl. The lowest BCUT2D eigenvalue weighted by molar-refractivity contribution is 0.455. The molecule has 3 nitrogen and oxygen atoms in total. The highest BCUT2D eigenvalue weighted by molar-refractivity contribution is 8.08. The van der Waals surface area contributed by atoms with Crippen LogP contribution >= 0.6 is 30.2 Å². The number of hydrogen-bond acceptors (Lipinski definition) is 1. The molecule has 7 heteroatoms. The van der Waals surface area contributed by atoms with Crippen LogP contribution in [0.5, 0.6) is 0 Å². The van der Waals surface area contributed by atoms with Crippen LogP contribution in [-0.4, -0.2) is 13.5 Å². The number of halogens is 2. The summed E-state index contributed by atoms with van der Waals surface area (Å²) in [5, 5.41) is 0. The summed E-state index contributed by atoms with van der Waals surface area (Å²) < 4.78 is 0.169. The first-order valence-electron chi connectivity index (χ1n) is 1.12. The highest BCUT2D eigenvalue weighted by Crippen LogP contribution is 2.43. The number of hydrogen-bond donors (Lipinski definition) is 2. The first-order valence-corrected chi connectivity index (χ1v) is 4.46. The Morgan fingerprint density at radius 3 is 1.57 bits per heavy atom. The van der Waals surface area contributed by atoms with Crippen molar-refractivity contribution in [3.8, 4) is 0 Å². The van der Waals surface area contributed by atoms with Crippen LogP contribution in [0.4, 0.5) is 0 Å². The molecule has 0 aromatic carbocycles. The molecule has 0 spiro atoms. The summed E-state index contributed by atoms with van der Waals surface area (Å²) in [6.07, 6.45) is 0. The van der Waals surface area contributed by atoms with E-state index < -0.39 is 6.64 Å². The molecule has 0 aliphatic rings. The van der Waals surface area contributed by atoms with Crippen molar-refractivity contribution in [2.45, 2.75) is 0 Å². The standard InChI is InChI=1S/Cl2H2NO2PS/c1-3(2)6(4,5)7/h(H2,4,5,7). The van der Waals surface area contributed by atoms with Crippen molar-refractivity contribution < 1.29 is 9.79 Å². The van der Waals surface area contributed by atoms with E-state index in [1.807, 2.05) is 0 Å². The van der Waals surface area contributed by atoms with Crippen LogP contribution < -0.4 is 0 Å². The van der Waals surface area contributed by atoms with E-state index in [1.165, 1.54) is 0 Å². The van der Waals surface area contributed by atoms with Gasteiger partial charge in [-0.3, -0.25) is 0 Å². The molecule has 0 aromatic rings. The van der Waals surface area contributed by atoms with Crippen LogP contribution in [-0.2, 0) is 11.8 Å². The van der Waals surface area contributed by atoms with Crippen molar-refractivity contribution in [1.82, 2.24) is 3.71 Å². The van der Waals surface area contributed by atoms with E-state index in [4.69, 9.17) is 33.3 Å². The number of nitrogens with zero attached hydrogens (tertiary/aromatic N) is 1. The van der Waals surface area contributed by atoms with Crippen LogP contribution in [0.15, 0.2) is 0 Å². The highest BCUT2D eigenvalue weighted by atomic mass is 35.5. The Kier molecular flexibility index (Phi) is 3.01. The van der Waals surface area contributed by atoms with Crippen LogP contribution in [0.25, 0.3) is 0 Å². The van der Waals surface area contributed by atoms with E-state index in [9.17, 15) is 0 Å². The summed E-state index contributed by atoms with van der Waals surface area (Å²) in [5.41, 5.74) is 0. The van der Waals surface area contributed by atoms with E-state index >= 15 is 0 Å². The fourth-order valence-corrected chi connectivity index (χ4v) is 0. The fourth-order valence-electron chi connectivity index (χ4n) is 0. The molecule has 0 saturated heterocycles. The minimum atomic E-state index is -3.54. The summed E-state index contributed by atoms with van der Waals surface area (Å²) in [7, 11) is 0. The monoisotopic (exact) mass is 181 g/mol. The van der Waals surface area contributed by atoms with Gasteiger partial charge in [0.2, 0.25) is 0 Å². The van der Waals surface area contributed by atoms with Gasteiger partial charge in [0, 0.05) is 23.6 Å². The highest BCUT2D eigenvalue weighted by Gasteiger charge is 2.14. The zero-order valence-electron chi connectivity index (χ0n) is 2.95. The second-order valence-corrected chi connectivity index (χ2v) is 4.95. The normalized spacial score (nSPS) is 12.7. The van der Waals surface area contributed by atoms with E-state index in [0.717, 1.165) is 0 Å². The summed E-state index contributed by atoms with van der Waals surface area (Å²) >= 11 is 13.6. The summed E-state index contributed by atoms with van der Waals surface area (Å²) in [5.74, 6) is 0. The Morgan fingerprint density at radius 2 is 1.57 bits per heavy atom. The van der Waals surface area contributed by atoms with Gasteiger partial charge in [-0.15, -0.1) is 0 Å². The van der Waals surface area contributed by atoms with Crippen molar-refractivity contribution in [1.29, 1.82) is 0 Å². The maximum Gasteiger partial charge on any atom is 0.287 e. The third-order valence-electron chi connectivity index (χ3n) is 0.197. The second kappa shape index (κ2) is 2.60.